The second kappa shape index (κ2) is 5.94. The highest BCUT2D eigenvalue weighted by atomic mass is 19.4. The minimum Gasteiger partial charge on any atom is -0.292 e. The predicted octanol–water partition coefficient (Wildman–Crippen LogP) is 2.88. The zero-order valence-corrected chi connectivity index (χ0v) is 13.3. The van der Waals surface area contributed by atoms with E-state index in [1.807, 2.05) is 0 Å². The van der Waals surface area contributed by atoms with Gasteiger partial charge in [0.05, 0.1) is 28.7 Å². The van der Waals surface area contributed by atoms with Gasteiger partial charge >= 0.3 is 6.18 Å². The first-order valence-corrected chi connectivity index (χ1v) is 7.78. The molecule has 132 valence electrons. The Morgan fingerprint density at radius 2 is 1.92 bits per heavy atom. The number of alkyl halides is 3. The number of nitrogens with zero attached hydrogens (tertiary/aromatic N) is 5. The van der Waals surface area contributed by atoms with Crippen molar-refractivity contribution >= 4 is 11.7 Å². The maximum atomic E-state index is 13.3. The van der Waals surface area contributed by atoms with Crippen LogP contribution in [0.15, 0.2) is 49.1 Å². The van der Waals surface area contributed by atoms with Gasteiger partial charge in [0.1, 0.15) is 5.82 Å². The quantitative estimate of drug-likeness (QED) is 0.706. The second-order valence-electron chi connectivity index (χ2n) is 5.72. The molecule has 0 atom stereocenters. The molecule has 0 saturated heterocycles. The smallest absolute Gasteiger partial charge is 0.292 e. The van der Waals surface area contributed by atoms with Crippen LogP contribution in [-0.2, 0) is 12.6 Å². The van der Waals surface area contributed by atoms with Gasteiger partial charge in [-0.2, -0.15) is 18.3 Å². The molecule has 0 fully saturated rings. The molecule has 0 spiro atoms. The summed E-state index contributed by atoms with van der Waals surface area (Å²) in [5.74, 6) is -0.935. The average Bonchev–Trinajstić information content (AvgIpc) is 3.07. The standard InChI is InChI=1S/C17H12F3N5O/c18-17(19,20)13-4-2-7-22-15(13)24-8-5-14-12(16(24)26)10-25(23-14)11-3-1-6-21-9-11/h1-4,6-7,9-10H,5,8H2. The lowest BCUT2D eigenvalue weighted by atomic mass is 10.1. The van der Waals surface area contributed by atoms with Crippen molar-refractivity contribution in [3.63, 3.8) is 0 Å². The molecule has 1 aliphatic heterocycles. The van der Waals surface area contributed by atoms with Gasteiger partial charge in [0, 0.05) is 31.6 Å². The summed E-state index contributed by atoms with van der Waals surface area (Å²) in [5, 5.41) is 4.36. The number of hydrogen-bond acceptors (Lipinski definition) is 4. The third-order valence-corrected chi connectivity index (χ3v) is 4.10. The van der Waals surface area contributed by atoms with Crippen molar-refractivity contribution < 1.29 is 18.0 Å². The Bertz CT molecular complexity index is 968. The Morgan fingerprint density at radius 1 is 1.12 bits per heavy atom. The van der Waals surface area contributed by atoms with Crippen molar-refractivity contribution in [1.29, 1.82) is 0 Å². The van der Waals surface area contributed by atoms with E-state index in [9.17, 15) is 18.0 Å². The number of rotatable bonds is 2. The van der Waals surface area contributed by atoms with Crippen LogP contribution in [-0.4, -0.2) is 32.2 Å². The second-order valence-corrected chi connectivity index (χ2v) is 5.72. The summed E-state index contributed by atoms with van der Waals surface area (Å²) in [4.78, 5) is 21.6. The number of halogens is 3. The van der Waals surface area contributed by atoms with Crippen LogP contribution in [0.3, 0.4) is 0 Å². The third kappa shape index (κ3) is 2.71. The molecule has 4 rings (SSSR count). The van der Waals surface area contributed by atoms with E-state index < -0.39 is 17.6 Å². The number of amides is 1. The molecule has 0 radical (unpaired) electrons. The maximum absolute atomic E-state index is 13.3. The number of pyridine rings is 2. The summed E-state index contributed by atoms with van der Waals surface area (Å²) in [6, 6.07) is 5.62. The van der Waals surface area contributed by atoms with Crippen LogP contribution in [0.2, 0.25) is 0 Å². The van der Waals surface area contributed by atoms with E-state index in [0.717, 1.165) is 11.0 Å². The molecule has 0 aliphatic carbocycles. The first-order chi connectivity index (χ1) is 12.4. The molecule has 3 aromatic rings. The third-order valence-electron chi connectivity index (χ3n) is 4.10. The van der Waals surface area contributed by atoms with Gasteiger partial charge in [-0.25, -0.2) is 9.67 Å². The van der Waals surface area contributed by atoms with Crippen molar-refractivity contribution in [2.24, 2.45) is 0 Å². The van der Waals surface area contributed by atoms with Crippen LogP contribution >= 0.6 is 0 Å². The van der Waals surface area contributed by atoms with E-state index in [1.165, 1.54) is 23.1 Å². The number of carbonyl (C=O) groups excluding carboxylic acids is 1. The van der Waals surface area contributed by atoms with Gasteiger partial charge in [-0.05, 0) is 24.3 Å². The van der Waals surface area contributed by atoms with E-state index in [4.69, 9.17) is 0 Å². The maximum Gasteiger partial charge on any atom is 0.419 e. The molecular formula is C17H12F3N5O. The monoisotopic (exact) mass is 359 g/mol. The molecule has 9 heteroatoms. The van der Waals surface area contributed by atoms with Crippen LogP contribution in [0.25, 0.3) is 5.69 Å². The SMILES string of the molecule is O=C1c2cn(-c3cccnc3)nc2CCN1c1ncccc1C(F)(F)F. The van der Waals surface area contributed by atoms with Crippen LogP contribution in [0.5, 0.6) is 0 Å². The Morgan fingerprint density at radius 3 is 2.65 bits per heavy atom. The van der Waals surface area contributed by atoms with E-state index in [0.29, 0.717) is 17.8 Å². The Labute approximate surface area is 145 Å². The minimum atomic E-state index is -4.59. The highest BCUT2D eigenvalue weighted by Crippen LogP contribution is 2.36. The molecule has 3 aromatic heterocycles. The summed E-state index contributed by atoms with van der Waals surface area (Å²) in [6.45, 7) is 0.0793. The average molecular weight is 359 g/mol. The molecule has 4 heterocycles. The van der Waals surface area contributed by atoms with Gasteiger partial charge in [0.2, 0.25) is 0 Å². The summed E-state index contributed by atoms with van der Waals surface area (Å²) < 4.78 is 41.3. The Kier molecular flexibility index (Phi) is 3.71. The van der Waals surface area contributed by atoms with Crippen molar-refractivity contribution in [2.45, 2.75) is 12.6 Å². The Hall–Kier alpha value is -3.23. The summed E-state index contributed by atoms with van der Waals surface area (Å²) >= 11 is 0. The molecule has 0 N–H and O–H groups in total. The lowest BCUT2D eigenvalue weighted by Gasteiger charge is -2.27. The summed E-state index contributed by atoms with van der Waals surface area (Å²) in [5.41, 5.74) is 0.532. The topological polar surface area (TPSA) is 63.9 Å². The fraction of sp³-hybridized carbons (Fsp3) is 0.176. The number of aromatic nitrogens is 4. The first kappa shape index (κ1) is 16.2. The van der Waals surface area contributed by atoms with Gasteiger partial charge in [0.15, 0.2) is 0 Å². The molecule has 1 aliphatic rings. The van der Waals surface area contributed by atoms with Crippen molar-refractivity contribution in [1.82, 2.24) is 19.7 Å². The molecule has 6 nitrogen and oxygen atoms in total. The number of fused-ring (bicyclic) bond motifs is 1. The molecule has 0 unspecified atom stereocenters. The fourth-order valence-corrected chi connectivity index (χ4v) is 2.89. The highest BCUT2D eigenvalue weighted by Gasteiger charge is 2.39. The molecule has 1 amide bonds. The molecule has 0 aromatic carbocycles. The summed E-state index contributed by atoms with van der Waals surface area (Å²) in [7, 11) is 0. The molecule has 26 heavy (non-hydrogen) atoms. The number of hydrogen-bond donors (Lipinski definition) is 0. The van der Waals surface area contributed by atoms with E-state index in [2.05, 4.69) is 15.1 Å². The van der Waals surface area contributed by atoms with E-state index in [1.54, 1.807) is 24.5 Å². The van der Waals surface area contributed by atoms with Crippen LogP contribution in [0.1, 0.15) is 21.6 Å². The molecule has 0 bridgehead atoms. The van der Waals surface area contributed by atoms with Crippen molar-refractivity contribution in [3.05, 3.63) is 65.9 Å². The minimum absolute atomic E-state index is 0.0793. The lowest BCUT2D eigenvalue weighted by Crippen LogP contribution is -2.39. The zero-order chi connectivity index (χ0) is 18.3. The Balaban J connectivity index is 1.73. The van der Waals surface area contributed by atoms with Gasteiger partial charge in [-0.3, -0.25) is 14.7 Å². The lowest BCUT2D eigenvalue weighted by molar-refractivity contribution is -0.137. The normalized spacial score (nSPS) is 14.4. The fourth-order valence-electron chi connectivity index (χ4n) is 2.89. The number of carbonyl (C=O) groups is 1. The van der Waals surface area contributed by atoms with E-state index >= 15 is 0 Å². The van der Waals surface area contributed by atoms with Crippen LogP contribution in [0, 0.1) is 0 Å². The molecular weight excluding hydrogens is 347 g/mol. The highest BCUT2D eigenvalue weighted by molar-refractivity contribution is 6.07. The largest absolute Gasteiger partial charge is 0.419 e. The zero-order valence-electron chi connectivity index (χ0n) is 13.3. The van der Waals surface area contributed by atoms with Gasteiger partial charge in [-0.15, -0.1) is 0 Å². The summed E-state index contributed by atoms with van der Waals surface area (Å²) in [6.07, 6.45) is 1.69. The van der Waals surface area contributed by atoms with Crippen LogP contribution < -0.4 is 4.90 Å². The first-order valence-electron chi connectivity index (χ1n) is 7.78. The predicted molar refractivity (Wildman–Crippen MR) is 86.0 cm³/mol. The van der Waals surface area contributed by atoms with Crippen LogP contribution in [0.4, 0.5) is 19.0 Å². The molecule has 0 saturated carbocycles. The van der Waals surface area contributed by atoms with Gasteiger partial charge in [0.25, 0.3) is 5.91 Å². The van der Waals surface area contributed by atoms with Gasteiger partial charge < -0.3 is 0 Å². The van der Waals surface area contributed by atoms with E-state index in [-0.39, 0.29) is 17.9 Å². The number of anilines is 1. The van der Waals surface area contributed by atoms with Crippen molar-refractivity contribution in [2.75, 3.05) is 11.4 Å². The van der Waals surface area contributed by atoms with Gasteiger partial charge in [-0.1, -0.05) is 0 Å². The van der Waals surface area contributed by atoms with Crippen molar-refractivity contribution in [3.8, 4) is 5.69 Å².